The van der Waals surface area contributed by atoms with E-state index < -0.39 is 0 Å². The van der Waals surface area contributed by atoms with Crippen molar-refractivity contribution in [2.24, 2.45) is 0 Å². The second-order valence-corrected chi connectivity index (χ2v) is 3.99. The predicted molar refractivity (Wildman–Crippen MR) is 75.2 cm³/mol. The summed E-state index contributed by atoms with van der Waals surface area (Å²) in [6.07, 6.45) is 1.74. The van der Waals surface area contributed by atoms with E-state index in [1.54, 1.807) is 28.9 Å². The van der Waals surface area contributed by atoms with E-state index in [1.807, 2.05) is 18.2 Å². The van der Waals surface area contributed by atoms with Gasteiger partial charge in [-0.2, -0.15) is 0 Å². The number of aromatic nitrogens is 3. The normalized spacial score (nSPS) is 10.5. The average Bonchev–Trinajstić information content (AvgIpc) is 2.83. The molecule has 5 nitrogen and oxygen atoms in total. The number of hydrogen-bond acceptors (Lipinski definition) is 4. The highest BCUT2D eigenvalue weighted by Gasteiger charge is 2.07. The number of imidazole rings is 1. The van der Waals surface area contributed by atoms with E-state index in [9.17, 15) is 5.11 Å². The SMILES string of the molecule is [B][B]Nc1ccc2ncc(-c3ccc(O)cc3)n2n1. The topological polar surface area (TPSA) is 62.5 Å². The second kappa shape index (κ2) is 4.68. The van der Waals surface area contributed by atoms with E-state index in [-0.39, 0.29) is 5.75 Å². The van der Waals surface area contributed by atoms with Crippen molar-refractivity contribution < 1.29 is 5.11 Å². The highest BCUT2D eigenvalue weighted by molar-refractivity contribution is 6.91. The number of benzene rings is 1. The van der Waals surface area contributed by atoms with Crippen molar-refractivity contribution in [3.8, 4) is 17.0 Å². The Morgan fingerprint density at radius 3 is 2.68 bits per heavy atom. The number of nitrogens with one attached hydrogen (secondary N) is 1. The summed E-state index contributed by atoms with van der Waals surface area (Å²) in [6.45, 7) is 0. The molecule has 0 saturated carbocycles. The van der Waals surface area contributed by atoms with Crippen LogP contribution in [0, 0.1) is 0 Å². The first kappa shape index (κ1) is 11.6. The molecule has 0 bridgehead atoms. The first-order valence-corrected chi connectivity index (χ1v) is 5.72. The fourth-order valence-electron chi connectivity index (χ4n) is 1.86. The van der Waals surface area contributed by atoms with Crippen LogP contribution in [0.3, 0.4) is 0 Å². The zero-order valence-corrected chi connectivity index (χ0v) is 9.99. The van der Waals surface area contributed by atoms with Crippen molar-refractivity contribution in [1.29, 1.82) is 0 Å². The summed E-state index contributed by atoms with van der Waals surface area (Å²) < 4.78 is 1.72. The van der Waals surface area contributed by atoms with Crippen molar-refractivity contribution in [2.75, 3.05) is 5.23 Å². The largest absolute Gasteiger partial charge is 0.508 e. The van der Waals surface area contributed by atoms with Gasteiger partial charge in [-0.25, -0.2) is 9.50 Å². The van der Waals surface area contributed by atoms with Crippen LogP contribution in [0.1, 0.15) is 0 Å². The molecule has 3 radical (unpaired) electrons. The number of aromatic hydroxyl groups is 1. The van der Waals surface area contributed by atoms with Crippen LogP contribution in [0.2, 0.25) is 0 Å². The maximum absolute atomic E-state index is 9.32. The lowest BCUT2D eigenvalue weighted by atomic mass is 9.67. The number of anilines is 1. The molecule has 0 unspecified atom stereocenters. The standard InChI is InChI=1S/C12H9B2N4O/c13-14-16-11-5-6-12-15-7-10(18(12)17-11)8-1-3-9(19)4-2-8/h1-7,19H,(H,16,17). The summed E-state index contributed by atoms with van der Waals surface area (Å²) in [5.41, 5.74) is 2.51. The summed E-state index contributed by atoms with van der Waals surface area (Å²) in [5.74, 6) is 0.860. The van der Waals surface area contributed by atoms with Crippen molar-refractivity contribution >= 4 is 26.5 Å². The van der Waals surface area contributed by atoms with E-state index in [2.05, 4.69) is 15.3 Å². The van der Waals surface area contributed by atoms with E-state index in [0.717, 1.165) is 16.9 Å². The summed E-state index contributed by atoms with van der Waals surface area (Å²) in [4.78, 5) is 4.29. The molecule has 89 valence electrons. The minimum absolute atomic E-state index is 0.227. The molecule has 0 amide bonds. The molecular weight excluding hydrogens is 238 g/mol. The van der Waals surface area contributed by atoms with Crippen molar-refractivity contribution in [3.63, 3.8) is 0 Å². The van der Waals surface area contributed by atoms with Gasteiger partial charge in [0.05, 0.1) is 11.9 Å². The van der Waals surface area contributed by atoms with Gasteiger partial charge in [-0.3, -0.25) is 0 Å². The van der Waals surface area contributed by atoms with Gasteiger partial charge in [-0.15, -0.1) is 5.10 Å². The van der Waals surface area contributed by atoms with E-state index in [4.69, 9.17) is 7.74 Å². The molecule has 19 heavy (non-hydrogen) atoms. The number of rotatable bonds is 3. The Bertz CT molecular complexity index is 711. The van der Waals surface area contributed by atoms with E-state index in [0.29, 0.717) is 5.82 Å². The zero-order valence-electron chi connectivity index (χ0n) is 9.99. The van der Waals surface area contributed by atoms with Crippen LogP contribution in [0.25, 0.3) is 16.9 Å². The molecule has 3 aromatic rings. The smallest absolute Gasteiger partial charge is 0.182 e. The molecule has 1 aromatic carbocycles. The molecule has 2 heterocycles. The molecule has 0 aliphatic rings. The fraction of sp³-hybridized carbons (Fsp3) is 0. The highest BCUT2D eigenvalue weighted by Crippen LogP contribution is 2.22. The van der Waals surface area contributed by atoms with Crippen molar-refractivity contribution in [1.82, 2.24) is 14.6 Å². The maximum Gasteiger partial charge on any atom is 0.182 e. The van der Waals surface area contributed by atoms with Gasteiger partial charge >= 0.3 is 0 Å². The molecule has 0 spiro atoms. The van der Waals surface area contributed by atoms with Gasteiger partial charge in [0.25, 0.3) is 0 Å². The van der Waals surface area contributed by atoms with Crippen LogP contribution >= 0.6 is 0 Å². The Balaban J connectivity index is 2.12. The minimum Gasteiger partial charge on any atom is -0.508 e. The first-order chi connectivity index (χ1) is 9.28. The maximum atomic E-state index is 9.32. The Morgan fingerprint density at radius 2 is 1.95 bits per heavy atom. The fourth-order valence-corrected chi connectivity index (χ4v) is 1.86. The van der Waals surface area contributed by atoms with Gasteiger partial charge in [0, 0.05) is 13.3 Å². The minimum atomic E-state index is 0.227. The first-order valence-electron chi connectivity index (χ1n) is 5.72. The van der Waals surface area contributed by atoms with Gasteiger partial charge in [0.2, 0.25) is 0 Å². The molecule has 3 rings (SSSR count). The third kappa shape index (κ3) is 2.14. The molecule has 7 heteroatoms. The Labute approximate surface area is 112 Å². The van der Waals surface area contributed by atoms with Gasteiger partial charge in [0.1, 0.15) is 11.6 Å². The Hall–Kier alpha value is -2.43. The second-order valence-electron chi connectivity index (χ2n) is 3.99. The van der Waals surface area contributed by atoms with Crippen LogP contribution in [0.5, 0.6) is 5.75 Å². The average molecular weight is 247 g/mol. The number of fused-ring (bicyclic) bond motifs is 1. The molecule has 0 atom stereocenters. The monoisotopic (exact) mass is 247 g/mol. The number of nitrogens with zero attached hydrogens (tertiary/aromatic N) is 3. The Morgan fingerprint density at radius 1 is 1.16 bits per heavy atom. The number of hydrogen-bond donors (Lipinski definition) is 2. The predicted octanol–water partition coefficient (Wildman–Crippen LogP) is 1.22. The van der Waals surface area contributed by atoms with E-state index in [1.165, 1.54) is 7.31 Å². The van der Waals surface area contributed by atoms with Crippen LogP contribution in [0.15, 0.2) is 42.6 Å². The molecule has 2 N–H and O–H groups in total. The lowest BCUT2D eigenvalue weighted by Crippen LogP contribution is -2.08. The number of phenolic OH excluding ortho intramolecular Hbond substituents is 1. The molecule has 2 aromatic heterocycles. The third-order valence-electron chi connectivity index (χ3n) is 2.76. The summed E-state index contributed by atoms with van der Waals surface area (Å²) in [5, 5.41) is 16.5. The van der Waals surface area contributed by atoms with Crippen molar-refractivity contribution in [3.05, 3.63) is 42.6 Å². The Kier molecular flexibility index (Phi) is 2.87. The molecule has 0 aliphatic heterocycles. The number of phenols is 1. The molecule has 0 fully saturated rings. The third-order valence-corrected chi connectivity index (χ3v) is 2.76. The summed E-state index contributed by atoms with van der Waals surface area (Å²) >= 11 is 0. The van der Waals surface area contributed by atoms with Gasteiger partial charge in [0.15, 0.2) is 13.0 Å². The lowest BCUT2D eigenvalue weighted by molar-refractivity contribution is 0.475. The molecule has 0 saturated heterocycles. The van der Waals surface area contributed by atoms with Crippen LogP contribution < -0.4 is 5.23 Å². The van der Waals surface area contributed by atoms with E-state index >= 15 is 0 Å². The van der Waals surface area contributed by atoms with Crippen LogP contribution in [0.4, 0.5) is 5.82 Å². The quantitative estimate of drug-likeness (QED) is 0.683. The van der Waals surface area contributed by atoms with Gasteiger partial charge in [-0.05, 0) is 36.4 Å². The summed E-state index contributed by atoms with van der Waals surface area (Å²) in [6, 6.07) is 10.5. The lowest BCUT2D eigenvalue weighted by Gasteiger charge is -2.05. The highest BCUT2D eigenvalue weighted by atomic mass is 16.3. The van der Waals surface area contributed by atoms with Crippen LogP contribution in [-0.2, 0) is 0 Å². The molecular formula is C12H9B2N4O. The molecule has 0 aliphatic carbocycles. The summed E-state index contributed by atoms with van der Waals surface area (Å²) in [7, 11) is 6.64. The van der Waals surface area contributed by atoms with Crippen molar-refractivity contribution in [2.45, 2.75) is 0 Å². The van der Waals surface area contributed by atoms with Gasteiger partial charge < -0.3 is 10.3 Å². The zero-order chi connectivity index (χ0) is 13.2. The van der Waals surface area contributed by atoms with Gasteiger partial charge in [-0.1, -0.05) is 0 Å². The van der Waals surface area contributed by atoms with Crippen LogP contribution in [-0.4, -0.2) is 34.7 Å².